The third kappa shape index (κ3) is 2.47. The summed E-state index contributed by atoms with van der Waals surface area (Å²) in [6.07, 6.45) is 3.87. The van der Waals surface area contributed by atoms with Crippen LogP contribution in [0.4, 0.5) is 0 Å². The van der Waals surface area contributed by atoms with Gasteiger partial charge >= 0.3 is 0 Å². The first-order chi connectivity index (χ1) is 8.24. The van der Waals surface area contributed by atoms with Crippen molar-refractivity contribution in [2.24, 2.45) is 11.8 Å². The molecule has 4 nitrogen and oxygen atoms in total. The minimum atomic E-state index is 0.185. The van der Waals surface area contributed by atoms with Crippen molar-refractivity contribution in [2.75, 3.05) is 26.2 Å². The number of hydrogen-bond acceptors (Lipinski definition) is 3. The predicted octanol–water partition coefficient (Wildman–Crippen LogP) is 0.195. The van der Waals surface area contributed by atoms with E-state index >= 15 is 0 Å². The first kappa shape index (κ1) is 11.5. The summed E-state index contributed by atoms with van der Waals surface area (Å²) in [6.45, 7) is 6.25. The van der Waals surface area contributed by atoms with Crippen LogP contribution < -0.4 is 10.6 Å². The summed E-state index contributed by atoms with van der Waals surface area (Å²) in [5, 5.41) is 6.54. The number of carbonyl (C=O) groups is 1. The average molecular weight is 237 g/mol. The first-order valence-corrected chi connectivity index (χ1v) is 6.99. The van der Waals surface area contributed by atoms with Crippen LogP contribution in [-0.2, 0) is 4.79 Å². The summed E-state index contributed by atoms with van der Waals surface area (Å²) in [7, 11) is 0. The van der Waals surface area contributed by atoms with Crippen LogP contribution in [0.3, 0.4) is 0 Å². The number of amides is 1. The number of rotatable bonds is 3. The van der Waals surface area contributed by atoms with Crippen LogP contribution in [-0.4, -0.2) is 49.1 Å². The largest absolute Gasteiger partial charge is 0.352 e. The van der Waals surface area contributed by atoms with Gasteiger partial charge in [-0.15, -0.1) is 0 Å². The lowest BCUT2D eigenvalue weighted by atomic mass is 9.97. The van der Waals surface area contributed by atoms with Crippen molar-refractivity contribution in [3.8, 4) is 0 Å². The molecule has 3 rings (SSSR count). The van der Waals surface area contributed by atoms with E-state index in [2.05, 4.69) is 22.5 Å². The zero-order valence-corrected chi connectivity index (χ0v) is 10.6. The topological polar surface area (TPSA) is 44.4 Å². The van der Waals surface area contributed by atoms with Gasteiger partial charge in [0.05, 0.1) is 5.92 Å². The van der Waals surface area contributed by atoms with Crippen molar-refractivity contribution in [1.82, 2.24) is 15.5 Å². The molecule has 0 aromatic carbocycles. The molecule has 0 spiro atoms. The highest BCUT2D eigenvalue weighted by Crippen LogP contribution is 2.30. The van der Waals surface area contributed by atoms with Gasteiger partial charge in [0.15, 0.2) is 0 Å². The maximum Gasteiger partial charge on any atom is 0.224 e. The van der Waals surface area contributed by atoms with Gasteiger partial charge < -0.3 is 10.6 Å². The number of carbonyl (C=O) groups excluding carboxylic acids is 1. The Kier molecular flexibility index (Phi) is 3.09. The van der Waals surface area contributed by atoms with Crippen LogP contribution in [0.5, 0.6) is 0 Å². The number of nitrogens with zero attached hydrogens (tertiary/aromatic N) is 1. The molecule has 0 bridgehead atoms. The molecule has 96 valence electrons. The van der Waals surface area contributed by atoms with E-state index in [-0.39, 0.29) is 11.8 Å². The van der Waals surface area contributed by atoms with E-state index in [0.717, 1.165) is 32.1 Å². The fourth-order valence-corrected chi connectivity index (χ4v) is 3.15. The van der Waals surface area contributed by atoms with Gasteiger partial charge in [0, 0.05) is 31.7 Å². The molecule has 1 saturated carbocycles. The van der Waals surface area contributed by atoms with E-state index in [1.54, 1.807) is 0 Å². The second kappa shape index (κ2) is 4.58. The lowest BCUT2D eigenvalue weighted by Gasteiger charge is -2.19. The standard InChI is InChI=1S/C13H23N3O/c1-9-6-14-7-12(9)13(17)15-10-4-5-16(8-10)11-2-3-11/h9-12,14H,2-8H2,1H3,(H,15,17). The molecule has 3 fully saturated rings. The minimum absolute atomic E-state index is 0.185. The van der Waals surface area contributed by atoms with Crippen LogP contribution in [0.25, 0.3) is 0 Å². The Morgan fingerprint density at radius 1 is 1.29 bits per heavy atom. The molecule has 4 heteroatoms. The summed E-state index contributed by atoms with van der Waals surface area (Å²) >= 11 is 0. The van der Waals surface area contributed by atoms with Gasteiger partial charge in [-0.25, -0.2) is 0 Å². The zero-order chi connectivity index (χ0) is 11.8. The van der Waals surface area contributed by atoms with Crippen molar-refractivity contribution >= 4 is 5.91 Å². The molecular formula is C13H23N3O. The number of hydrogen-bond donors (Lipinski definition) is 2. The Bertz CT molecular complexity index is 303. The highest BCUT2D eigenvalue weighted by Gasteiger charge is 2.36. The molecule has 1 amide bonds. The van der Waals surface area contributed by atoms with Crippen molar-refractivity contribution in [3.63, 3.8) is 0 Å². The highest BCUT2D eigenvalue weighted by atomic mass is 16.2. The summed E-state index contributed by atoms with van der Waals surface area (Å²) in [5.74, 6) is 0.936. The molecular weight excluding hydrogens is 214 g/mol. The molecule has 2 N–H and O–H groups in total. The normalized spacial score (nSPS) is 38.5. The fraction of sp³-hybridized carbons (Fsp3) is 0.923. The second-order valence-corrected chi connectivity index (χ2v) is 5.96. The Balaban J connectivity index is 1.48. The van der Waals surface area contributed by atoms with Crippen LogP contribution in [0.2, 0.25) is 0 Å². The molecule has 3 aliphatic rings. The molecule has 0 radical (unpaired) electrons. The molecule has 2 saturated heterocycles. The molecule has 2 aliphatic heterocycles. The predicted molar refractivity (Wildman–Crippen MR) is 66.7 cm³/mol. The smallest absolute Gasteiger partial charge is 0.224 e. The van der Waals surface area contributed by atoms with Gasteiger partial charge in [-0.1, -0.05) is 6.92 Å². The van der Waals surface area contributed by atoms with Crippen molar-refractivity contribution in [3.05, 3.63) is 0 Å². The van der Waals surface area contributed by atoms with Crippen LogP contribution >= 0.6 is 0 Å². The Morgan fingerprint density at radius 2 is 2.12 bits per heavy atom. The van der Waals surface area contributed by atoms with Gasteiger partial charge in [0.1, 0.15) is 0 Å². The summed E-state index contributed by atoms with van der Waals surface area (Å²) in [6, 6.07) is 1.24. The number of likely N-dealkylation sites (tertiary alicyclic amines) is 1. The quantitative estimate of drug-likeness (QED) is 0.737. The Morgan fingerprint density at radius 3 is 2.76 bits per heavy atom. The van der Waals surface area contributed by atoms with E-state index in [9.17, 15) is 4.79 Å². The lowest BCUT2D eigenvalue weighted by Crippen LogP contribution is -2.42. The summed E-state index contributed by atoms with van der Waals surface area (Å²) in [5.41, 5.74) is 0. The molecule has 2 heterocycles. The van der Waals surface area contributed by atoms with Crippen LogP contribution in [0, 0.1) is 11.8 Å². The van der Waals surface area contributed by atoms with E-state index in [1.165, 1.54) is 19.4 Å². The molecule has 17 heavy (non-hydrogen) atoms. The SMILES string of the molecule is CC1CNCC1C(=O)NC1CCN(C2CC2)C1. The molecule has 3 unspecified atom stereocenters. The van der Waals surface area contributed by atoms with Gasteiger partial charge in [0.25, 0.3) is 0 Å². The third-order valence-electron chi connectivity index (χ3n) is 4.48. The summed E-state index contributed by atoms with van der Waals surface area (Å²) < 4.78 is 0. The van der Waals surface area contributed by atoms with E-state index in [0.29, 0.717) is 12.0 Å². The fourth-order valence-electron chi connectivity index (χ4n) is 3.15. The van der Waals surface area contributed by atoms with Gasteiger partial charge in [-0.2, -0.15) is 0 Å². The molecule has 0 aromatic heterocycles. The molecule has 1 aliphatic carbocycles. The van der Waals surface area contributed by atoms with Crippen molar-refractivity contribution < 1.29 is 4.79 Å². The second-order valence-electron chi connectivity index (χ2n) is 5.96. The Hall–Kier alpha value is -0.610. The third-order valence-corrected chi connectivity index (χ3v) is 4.48. The first-order valence-electron chi connectivity index (χ1n) is 6.99. The van der Waals surface area contributed by atoms with E-state index in [4.69, 9.17) is 0 Å². The van der Waals surface area contributed by atoms with Crippen molar-refractivity contribution in [2.45, 2.75) is 38.3 Å². The summed E-state index contributed by atoms with van der Waals surface area (Å²) in [4.78, 5) is 14.7. The van der Waals surface area contributed by atoms with Gasteiger partial charge in [-0.3, -0.25) is 9.69 Å². The maximum absolute atomic E-state index is 12.1. The maximum atomic E-state index is 12.1. The monoisotopic (exact) mass is 237 g/mol. The van der Waals surface area contributed by atoms with E-state index < -0.39 is 0 Å². The average Bonchev–Trinajstić information content (AvgIpc) is 2.90. The van der Waals surface area contributed by atoms with Crippen molar-refractivity contribution in [1.29, 1.82) is 0 Å². The Labute approximate surface area is 103 Å². The highest BCUT2D eigenvalue weighted by molar-refractivity contribution is 5.79. The van der Waals surface area contributed by atoms with Crippen LogP contribution in [0.1, 0.15) is 26.2 Å². The molecule has 3 atom stereocenters. The van der Waals surface area contributed by atoms with Gasteiger partial charge in [0.2, 0.25) is 5.91 Å². The van der Waals surface area contributed by atoms with Gasteiger partial charge in [-0.05, 0) is 31.7 Å². The lowest BCUT2D eigenvalue weighted by molar-refractivity contribution is -0.126. The minimum Gasteiger partial charge on any atom is -0.352 e. The van der Waals surface area contributed by atoms with E-state index in [1.807, 2.05) is 0 Å². The van der Waals surface area contributed by atoms with Crippen LogP contribution in [0.15, 0.2) is 0 Å². The molecule has 0 aromatic rings. The zero-order valence-electron chi connectivity index (χ0n) is 10.6. The number of nitrogens with one attached hydrogen (secondary N) is 2.